The molecule has 2 rings (SSSR count). The van der Waals surface area contributed by atoms with E-state index in [0.717, 1.165) is 12.8 Å². The zero-order valence-electron chi connectivity index (χ0n) is 12.6. The number of aryl methyl sites for hydroxylation is 1. The lowest BCUT2D eigenvalue weighted by molar-refractivity contribution is 0.976. The third-order valence-corrected chi connectivity index (χ3v) is 3.47. The zero-order chi connectivity index (χ0) is 14.4. The van der Waals surface area contributed by atoms with E-state index in [1.807, 2.05) is 6.92 Å². The molecule has 0 fully saturated rings. The number of anilines is 1. The summed E-state index contributed by atoms with van der Waals surface area (Å²) in [5, 5.41) is 0. The second-order valence-corrected chi connectivity index (χ2v) is 5.06. The number of rotatable bonds is 4. The van der Waals surface area contributed by atoms with Crippen LogP contribution in [0.3, 0.4) is 0 Å². The van der Waals surface area contributed by atoms with Crippen molar-refractivity contribution in [3.63, 3.8) is 0 Å². The largest absolute Gasteiger partial charge is 0.315 e. The van der Waals surface area contributed by atoms with Crippen LogP contribution in [0.1, 0.15) is 32.3 Å². The van der Waals surface area contributed by atoms with Gasteiger partial charge in [-0.25, -0.2) is 0 Å². The van der Waals surface area contributed by atoms with Gasteiger partial charge < -0.3 is 4.90 Å². The Morgan fingerprint density at radius 3 is 2.65 bits per heavy atom. The molecule has 1 aliphatic rings. The Kier molecular flexibility index (Phi) is 5.00. The van der Waals surface area contributed by atoms with Gasteiger partial charge in [-0.2, -0.15) is 0 Å². The van der Waals surface area contributed by atoms with Crippen LogP contribution >= 0.6 is 0 Å². The number of hydrogen-bond acceptors (Lipinski definition) is 1. The van der Waals surface area contributed by atoms with Crippen molar-refractivity contribution in [2.75, 3.05) is 4.90 Å². The van der Waals surface area contributed by atoms with Crippen molar-refractivity contribution >= 4 is 5.69 Å². The molecule has 0 spiro atoms. The molecular weight excluding hydrogens is 242 g/mol. The SMILES string of the molecule is C/C=C\C=C(/C)N(C1=CCCC=C1)c1ccccc1C. The maximum absolute atomic E-state index is 2.34. The molecule has 0 N–H and O–H groups in total. The van der Waals surface area contributed by atoms with Gasteiger partial charge in [-0.3, -0.25) is 0 Å². The summed E-state index contributed by atoms with van der Waals surface area (Å²) in [5.74, 6) is 0. The van der Waals surface area contributed by atoms with E-state index in [-0.39, 0.29) is 0 Å². The van der Waals surface area contributed by atoms with Crippen LogP contribution in [0.25, 0.3) is 0 Å². The fourth-order valence-corrected chi connectivity index (χ4v) is 2.42. The lowest BCUT2D eigenvalue weighted by atomic mass is 10.1. The summed E-state index contributed by atoms with van der Waals surface area (Å²) in [6.45, 7) is 6.37. The Hall–Kier alpha value is -2.02. The third-order valence-electron chi connectivity index (χ3n) is 3.47. The van der Waals surface area contributed by atoms with Gasteiger partial charge in [0.05, 0.1) is 0 Å². The number of hydrogen-bond donors (Lipinski definition) is 0. The first kappa shape index (κ1) is 14.4. The number of para-hydroxylation sites is 1. The molecule has 0 aromatic heterocycles. The van der Waals surface area contributed by atoms with Gasteiger partial charge in [-0.15, -0.1) is 0 Å². The van der Waals surface area contributed by atoms with E-state index in [1.165, 1.54) is 22.6 Å². The maximum Gasteiger partial charge on any atom is 0.0487 e. The number of nitrogens with zero attached hydrogens (tertiary/aromatic N) is 1. The van der Waals surface area contributed by atoms with E-state index in [1.54, 1.807) is 0 Å². The molecule has 1 nitrogen and oxygen atoms in total. The van der Waals surface area contributed by atoms with Gasteiger partial charge >= 0.3 is 0 Å². The zero-order valence-corrected chi connectivity index (χ0v) is 12.6. The summed E-state index contributed by atoms with van der Waals surface area (Å²) in [5.41, 5.74) is 5.04. The molecule has 0 radical (unpaired) electrons. The minimum absolute atomic E-state index is 1.12. The molecule has 104 valence electrons. The molecule has 0 heterocycles. The van der Waals surface area contributed by atoms with Gasteiger partial charge in [0, 0.05) is 17.1 Å². The second kappa shape index (κ2) is 6.95. The van der Waals surface area contributed by atoms with Crippen molar-refractivity contribution in [3.05, 3.63) is 77.7 Å². The van der Waals surface area contributed by atoms with E-state index in [0.29, 0.717) is 0 Å². The molecular formula is C19H23N. The van der Waals surface area contributed by atoms with E-state index < -0.39 is 0 Å². The Bertz CT molecular complexity index is 573. The van der Waals surface area contributed by atoms with Crippen LogP contribution in [0.15, 0.2) is 72.1 Å². The third kappa shape index (κ3) is 3.30. The van der Waals surface area contributed by atoms with Gasteiger partial charge in [0.15, 0.2) is 0 Å². The predicted octanol–water partition coefficient (Wildman–Crippen LogP) is 5.52. The molecule has 1 heteroatoms. The topological polar surface area (TPSA) is 3.24 Å². The van der Waals surface area contributed by atoms with Crippen LogP contribution in [0.2, 0.25) is 0 Å². The molecule has 1 aromatic carbocycles. The van der Waals surface area contributed by atoms with E-state index >= 15 is 0 Å². The van der Waals surface area contributed by atoms with Crippen molar-refractivity contribution in [1.29, 1.82) is 0 Å². The first-order valence-corrected chi connectivity index (χ1v) is 7.26. The van der Waals surface area contributed by atoms with Gasteiger partial charge in [0.25, 0.3) is 0 Å². The summed E-state index contributed by atoms with van der Waals surface area (Å²) in [6, 6.07) is 8.54. The Morgan fingerprint density at radius 1 is 1.20 bits per heavy atom. The minimum atomic E-state index is 1.12. The number of benzene rings is 1. The Balaban J connectivity index is 2.47. The molecule has 0 amide bonds. The standard InChI is InChI=1S/C19H23N/c1-4-5-12-17(3)20(18-13-7-6-8-14-18)19-15-10-9-11-16(19)2/h4-5,7,9-15H,6,8H2,1-3H3/b5-4-,17-12+. The van der Waals surface area contributed by atoms with E-state index in [9.17, 15) is 0 Å². The predicted molar refractivity (Wildman–Crippen MR) is 88.7 cm³/mol. The molecule has 20 heavy (non-hydrogen) atoms. The molecule has 0 atom stereocenters. The van der Waals surface area contributed by atoms with Crippen molar-refractivity contribution in [3.8, 4) is 0 Å². The van der Waals surface area contributed by atoms with E-state index in [4.69, 9.17) is 0 Å². The van der Waals surface area contributed by atoms with Gasteiger partial charge in [-0.1, -0.05) is 42.5 Å². The number of allylic oxidation sites excluding steroid dienone is 7. The summed E-state index contributed by atoms with van der Waals surface area (Å²) in [7, 11) is 0. The summed E-state index contributed by atoms with van der Waals surface area (Å²) in [4.78, 5) is 2.34. The second-order valence-electron chi connectivity index (χ2n) is 5.06. The molecule has 0 unspecified atom stereocenters. The molecule has 0 bridgehead atoms. The fraction of sp³-hybridized carbons (Fsp3) is 0.263. The molecule has 0 aliphatic heterocycles. The lowest BCUT2D eigenvalue weighted by Gasteiger charge is -2.29. The van der Waals surface area contributed by atoms with Gasteiger partial charge in [0.2, 0.25) is 0 Å². The first-order chi connectivity index (χ1) is 9.74. The quantitative estimate of drug-likeness (QED) is 0.648. The smallest absolute Gasteiger partial charge is 0.0487 e. The highest BCUT2D eigenvalue weighted by Gasteiger charge is 2.14. The summed E-state index contributed by atoms with van der Waals surface area (Å²) < 4.78 is 0. The summed E-state index contributed by atoms with van der Waals surface area (Å²) in [6.07, 6.45) is 15.4. The molecule has 0 saturated heterocycles. The highest BCUT2D eigenvalue weighted by atomic mass is 15.2. The van der Waals surface area contributed by atoms with Crippen LogP contribution < -0.4 is 4.90 Å². The highest BCUT2D eigenvalue weighted by molar-refractivity contribution is 5.64. The van der Waals surface area contributed by atoms with Crippen LogP contribution in [-0.4, -0.2) is 0 Å². The maximum atomic E-state index is 2.34. The van der Waals surface area contributed by atoms with Gasteiger partial charge in [0.1, 0.15) is 0 Å². The Morgan fingerprint density at radius 2 is 2.00 bits per heavy atom. The molecule has 0 saturated carbocycles. The first-order valence-electron chi connectivity index (χ1n) is 7.26. The monoisotopic (exact) mass is 265 g/mol. The van der Waals surface area contributed by atoms with Crippen molar-refractivity contribution < 1.29 is 0 Å². The summed E-state index contributed by atoms with van der Waals surface area (Å²) >= 11 is 0. The van der Waals surface area contributed by atoms with Crippen LogP contribution in [0.5, 0.6) is 0 Å². The van der Waals surface area contributed by atoms with E-state index in [2.05, 4.69) is 79.5 Å². The fourth-order valence-electron chi connectivity index (χ4n) is 2.42. The normalized spacial score (nSPS) is 15.6. The average Bonchev–Trinajstić information content (AvgIpc) is 2.48. The molecule has 1 aromatic rings. The van der Waals surface area contributed by atoms with Crippen LogP contribution in [0, 0.1) is 6.92 Å². The van der Waals surface area contributed by atoms with Crippen molar-refractivity contribution in [2.45, 2.75) is 33.6 Å². The molecule has 1 aliphatic carbocycles. The van der Waals surface area contributed by atoms with Gasteiger partial charge in [-0.05, 0) is 57.4 Å². The lowest BCUT2D eigenvalue weighted by Crippen LogP contribution is -2.20. The van der Waals surface area contributed by atoms with Crippen molar-refractivity contribution in [2.24, 2.45) is 0 Å². The highest BCUT2D eigenvalue weighted by Crippen LogP contribution is 2.29. The van der Waals surface area contributed by atoms with Crippen molar-refractivity contribution in [1.82, 2.24) is 0 Å². The van der Waals surface area contributed by atoms with Crippen LogP contribution in [-0.2, 0) is 0 Å². The minimum Gasteiger partial charge on any atom is -0.315 e. The van der Waals surface area contributed by atoms with Crippen LogP contribution in [0.4, 0.5) is 5.69 Å². The average molecular weight is 265 g/mol. The Labute approximate surface area is 122 Å².